The first kappa shape index (κ1) is 28.4. The third-order valence-corrected chi connectivity index (χ3v) is 7.54. The molecule has 1 N–H and O–H groups in total. The highest BCUT2D eigenvalue weighted by Gasteiger charge is 2.34. The van der Waals surface area contributed by atoms with Gasteiger partial charge in [-0.15, -0.1) is 5.10 Å². The summed E-state index contributed by atoms with van der Waals surface area (Å²) in [6, 6.07) is 15.6. The number of piperazine rings is 1. The lowest BCUT2D eigenvalue weighted by molar-refractivity contribution is -0.138. The number of benzene rings is 2. The Morgan fingerprint density at radius 1 is 0.907 bits per heavy atom. The third-order valence-electron chi connectivity index (χ3n) is 7.54. The van der Waals surface area contributed by atoms with Gasteiger partial charge in [-0.2, -0.15) is 13.2 Å². The minimum atomic E-state index is -4.48. The average molecular weight is 586 g/mol. The summed E-state index contributed by atoms with van der Waals surface area (Å²) in [5, 5.41) is 11.7. The number of nitrogens with one attached hydrogen (secondary N) is 1. The van der Waals surface area contributed by atoms with Gasteiger partial charge >= 0.3 is 6.18 Å². The number of hydrogen-bond acceptors (Lipinski definition) is 8. The summed E-state index contributed by atoms with van der Waals surface area (Å²) in [5.74, 6) is 0.414. The summed E-state index contributed by atoms with van der Waals surface area (Å²) in [6.45, 7) is 5.35. The lowest BCUT2D eigenvalue weighted by atomic mass is 10.0. The second-order valence-corrected chi connectivity index (χ2v) is 10.6. The lowest BCUT2D eigenvalue weighted by Crippen LogP contribution is -2.44. The quantitative estimate of drug-likeness (QED) is 0.264. The standard InChI is InChI=1S/C31H30F3N9/c1-21-5-8-25(17-28(21)38-30-36-11-9-27(37-30)23-4-3-10-35-18-23)43-20-29(39-40-43)22-6-7-24(26(16-22)31(32,33)34)19-42-14-12-41(2)13-15-42/h3-11,16-18,20H,12-15,19H2,1-2H3,(H,36,37,38). The molecule has 6 rings (SSSR count). The molecule has 2 aromatic carbocycles. The zero-order valence-electron chi connectivity index (χ0n) is 23.8. The van der Waals surface area contributed by atoms with Crippen LogP contribution in [0.15, 0.2) is 79.4 Å². The van der Waals surface area contributed by atoms with Crippen LogP contribution in [0.5, 0.6) is 0 Å². The van der Waals surface area contributed by atoms with Crippen LogP contribution >= 0.6 is 0 Å². The third kappa shape index (κ3) is 6.55. The van der Waals surface area contributed by atoms with E-state index in [9.17, 15) is 13.2 Å². The number of halogens is 3. The van der Waals surface area contributed by atoms with Crippen molar-refractivity contribution in [2.24, 2.45) is 0 Å². The van der Waals surface area contributed by atoms with Crippen LogP contribution in [0.25, 0.3) is 28.2 Å². The van der Waals surface area contributed by atoms with Crippen LogP contribution in [0.1, 0.15) is 16.7 Å². The topological polar surface area (TPSA) is 87.9 Å². The van der Waals surface area contributed by atoms with E-state index in [4.69, 9.17) is 0 Å². The number of anilines is 2. The van der Waals surface area contributed by atoms with Crippen molar-refractivity contribution in [2.45, 2.75) is 19.6 Å². The Morgan fingerprint density at radius 2 is 1.74 bits per heavy atom. The van der Waals surface area contributed by atoms with Crippen molar-refractivity contribution in [3.63, 3.8) is 0 Å². The fraction of sp³-hybridized carbons (Fsp3) is 0.258. The Labute approximate surface area is 247 Å². The maximum absolute atomic E-state index is 14.1. The van der Waals surface area contributed by atoms with Gasteiger partial charge in [0.15, 0.2) is 0 Å². The van der Waals surface area contributed by atoms with Crippen LogP contribution in [0.4, 0.5) is 24.8 Å². The Balaban J connectivity index is 1.24. The van der Waals surface area contributed by atoms with Crippen LogP contribution < -0.4 is 5.32 Å². The average Bonchev–Trinajstić information content (AvgIpc) is 3.50. The van der Waals surface area contributed by atoms with Crippen LogP contribution in [0.3, 0.4) is 0 Å². The Kier molecular flexibility index (Phi) is 7.87. The first-order chi connectivity index (χ1) is 20.7. The zero-order valence-corrected chi connectivity index (χ0v) is 23.8. The largest absolute Gasteiger partial charge is 0.416 e. The summed E-state index contributed by atoms with van der Waals surface area (Å²) < 4.78 is 43.9. The molecule has 220 valence electrons. The van der Waals surface area contributed by atoms with E-state index in [2.05, 4.69) is 40.4 Å². The summed E-state index contributed by atoms with van der Waals surface area (Å²) in [5.41, 5.74) is 4.30. The number of pyridine rings is 1. The van der Waals surface area contributed by atoms with E-state index < -0.39 is 11.7 Å². The van der Waals surface area contributed by atoms with Crippen molar-refractivity contribution >= 4 is 11.6 Å². The number of aryl methyl sites for hydroxylation is 1. The van der Waals surface area contributed by atoms with E-state index in [0.29, 0.717) is 22.9 Å². The molecular formula is C31H30F3N9. The van der Waals surface area contributed by atoms with Gasteiger partial charge in [0.25, 0.3) is 0 Å². The van der Waals surface area contributed by atoms with Crippen LogP contribution in [-0.2, 0) is 12.7 Å². The Hall–Kier alpha value is -4.68. The molecular weight excluding hydrogens is 555 g/mol. The van der Waals surface area contributed by atoms with Gasteiger partial charge in [0, 0.05) is 68.1 Å². The van der Waals surface area contributed by atoms with Gasteiger partial charge < -0.3 is 10.2 Å². The molecule has 12 heteroatoms. The fourth-order valence-corrected chi connectivity index (χ4v) is 5.01. The molecule has 0 atom stereocenters. The van der Waals surface area contributed by atoms with E-state index >= 15 is 0 Å². The normalized spacial score (nSPS) is 14.6. The molecule has 3 aromatic heterocycles. The molecule has 0 spiro atoms. The molecule has 5 aromatic rings. The van der Waals surface area contributed by atoms with Crippen molar-refractivity contribution in [3.05, 3.63) is 96.1 Å². The van der Waals surface area contributed by atoms with Crippen LogP contribution in [0, 0.1) is 6.92 Å². The molecule has 0 bridgehead atoms. The van der Waals surface area contributed by atoms with Crippen molar-refractivity contribution in [2.75, 3.05) is 38.5 Å². The van der Waals surface area contributed by atoms with Crippen molar-refractivity contribution < 1.29 is 13.2 Å². The fourth-order valence-electron chi connectivity index (χ4n) is 5.01. The summed E-state index contributed by atoms with van der Waals surface area (Å²) >= 11 is 0. The second kappa shape index (κ2) is 11.9. The minimum Gasteiger partial charge on any atom is -0.324 e. The highest BCUT2D eigenvalue weighted by molar-refractivity contribution is 5.65. The molecule has 4 heterocycles. The Bertz CT molecular complexity index is 1710. The molecule has 0 saturated carbocycles. The highest BCUT2D eigenvalue weighted by atomic mass is 19.4. The molecule has 43 heavy (non-hydrogen) atoms. The Morgan fingerprint density at radius 3 is 2.51 bits per heavy atom. The predicted molar refractivity (Wildman–Crippen MR) is 158 cm³/mol. The monoisotopic (exact) mass is 585 g/mol. The number of likely N-dealkylation sites (N-methyl/N-ethyl adjacent to an activating group) is 1. The maximum atomic E-state index is 14.1. The minimum absolute atomic E-state index is 0.254. The van der Waals surface area contributed by atoms with E-state index in [-0.39, 0.29) is 12.1 Å². The van der Waals surface area contributed by atoms with Gasteiger partial charge in [-0.25, -0.2) is 14.6 Å². The van der Waals surface area contributed by atoms with Gasteiger partial charge in [-0.3, -0.25) is 9.88 Å². The molecule has 0 radical (unpaired) electrons. The molecule has 1 aliphatic rings. The van der Waals surface area contributed by atoms with Crippen molar-refractivity contribution in [1.29, 1.82) is 0 Å². The molecule has 1 saturated heterocycles. The van der Waals surface area contributed by atoms with Gasteiger partial charge in [0.05, 0.1) is 23.1 Å². The second-order valence-electron chi connectivity index (χ2n) is 10.6. The van der Waals surface area contributed by atoms with E-state index in [1.165, 1.54) is 10.7 Å². The first-order valence-corrected chi connectivity index (χ1v) is 13.9. The van der Waals surface area contributed by atoms with Crippen LogP contribution in [0.2, 0.25) is 0 Å². The number of nitrogens with zero attached hydrogens (tertiary/aromatic N) is 8. The molecule has 0 unspecified atom stereocenters. The van der Waals surface area contributed by atoms with Crippen molar-refractivity contribution in [1.82, 2.24) is 39.7 Å². The van der Waals surface area contributed by atoms with Gasteiger partial charge in [-0.1, -0.05) is 23.4 Å². The summed E-state index contributed by atoms with van der Waals surface area (Å²) in [6.07, 6.45) is 2.25. The van der Waals surface area contributed by atoms with Crippen molar-refractivity contribution in [3.8, 4) is 28.2 Å². The highest BCUT2D eigenvalue weighted by Crippen LogP contribution is 2.35. The number of rotatable bonds is 7. The number of aromatic nitrogens is 6. The molecule has 9 nitrogen and oxygen atoms in total. The maximum Gasteiger partial charge on any atom is 0.416 e. The summed E-state index contributed by atoms with van der Waals surface area (Å²) in [7, 11) is 2.02. The van der Waals surface area contributed by atoms with E-state index in [0.717, 1.165) is 48.7 Å². The SMILES string of the molecule is Cc1ccc(-n2cc(-c3ccc(CN4CCN(C)CC4)c(C(F)(F)F)c3)nn2)cc1Nc1nccc(-c2cccnc2)n1. The first-order valence-electron chi connectivity index (χ1n) is 13.9. The van der Waals surface area contributed by atoms with Crippen LogP contribution in [-0.4, -0.2) is 73.0 Å². The zero-order chi connectivity index (χ0) is 30.0. The molecule has 0 aliphatic carbocycles. The van der Waals surface area contributed by atoms with E-state index in [1.807, 2.05) is 50.4 Å². The number of hydrogen-bond donors (Lipinski definition) is 1. The molecule has 1 aliphatic heterocycles. The van der Waals surface area contributed by atoms with E-state index in [1.54, 1.807) is 36.9 Å². The number of alkyl halides is 3. The summed E-state index contributed by atoms with van der Waals surface area (Å²) in [4.78, 5) is 17.3. The predicted octanol–water partition coefficient (Wildman–Crippen LogP) is 5.60. The molecule has 0 amide bonds. The lowest BCUT2D eigenvalue weighted by Gasteiger charge is -2.33. The molecule has 1 fully saturated rings. The smallest absolute Gasteiger partial charge is 0.324 e. The van der Waals surface area contributed by atoms with Gasteiger partial charge in [-0.05, 0) is 61.5 Å². The van der Waals surface area contributed by atoms with Gasteiger partial charge in [0.1, 0.15) is 5.69 Å². The van der Waals surface area contributed by atoms with Gasteiger partial charge in [0.2, 0.25) is 5.95 Å².